The predicted molar refractivity (Wildman–Crippen MR) is 87.4 cm³/mol. The molecule has 0 amide bonds. The smallest absolute Gasteiger partial charge is 0.387 e. The lowest BCUT2D eigenvalue weighted by Crippen LogP contribution is -2.35. The van der Waals surface area contributed by atoms with Crippen LogP contribution >= 0.6 is 15.6 Å². The van der Waals surface area contributed by atoms with Crippen LogP contribution in [0.2, 0.25) is 0 Å². The van der Waals surface area contributed by atoms with Gasteiger partial charge in [0, 0.05) is 0 Å². The number of aromatic nitrogens is 4. The number of phosphoric acid groups is 2. The Hall–Kier alpha value is -1.71. The van der Waals surface area contributed by atoms with Crippen LogP contribution in [0.5, 0.6) is 0 Å². The molecule has 1 fully saturated rings. The highest BCUT2D eigenvalue weighted by molar-refractivity contribution is 7.46. The standard InChI is InChI=1S/C10H15N5O11P2/c11-10-13-7-4(8(17)14-10)12-2-15(7)9-6(26-28(21,22)23)5(16)3(25-9)1-24-27(18,19)20/h2-3,5-6,9,16H,1H2,(H2,18,19,20)(H2,21,22,23)(H3,11,13,14,17)/t3-,5?,6?,9-/m1/s1. The van der Waals surface area contributed by atoms with Crippen molar-refractivity contribution in [1.29, 1.82) is 0 Å². The SMILES string of the molecule is Nc1nc2c(ncn2[C@@H]2O[C@H](COP(=O)(O)O)C(O)C2OP(=O)(O)O)c(=O)[nH]1. The number of nitrogen functional groups attached to an aromatic ring is 1. The Morgan fingerprint density at radius 2 is 1.96 bits per heavy atom. The van der Waals surface area contributed by atoms with Gasteiger partial charge in [-0.1, -0.05) is 0 Å². The second kappa shape index (κ2) is 7.27. The van der Waals surface area contributed by atoms with Gasteiger partial charge in [0.1, 0.15) is 18.3 Å². The minimum absolute atomic E-state index is 0.144. The molecule has 28 heavy (non-hydrogen) atoms. The van der Waals surface area contributed by atoms with Gasteiger partial charge >= 0.3 is 15.6 Å². The van der Waals surface area contributed by atoms with Crippen LogP contribution < -0.4 is 11.3 Å². The van der Waals surface area contributed by atoms with E-state index >= 15 is 0 Å². The summed E-state index contributed by atoms with van der Waals surface area (Å²) in [5.74, 6) is -0.286. The third-order valence-corrected chi connectivity index (χ3v) is 4.71. The van der Waals surface area contributed by atoms with E-state index in [0.29, 0.717) is 0 Å². The van der Waals surface area contributed by atoms with Gasteiger partial charge in [0.2, 0.25) is 5.95 Å². The number of aliphatic hydroxyl groups excluding tert-OH is 1. The van der Waals surface area contributed by atoms with Crippen LogP contribution in [0.15, 0.2) is 11.1 Å². The number of anilines is 1. The highest BCUT2D eigenvalue weighted by Gasteiger charge is 2.49. The predicted octanol–water partition coefficient (Wildman–Crippen LogP) is -2.45. The van der Waals surface area contributed by atoms with Crippen molar-refractivity contribution in [3.05, 3.63) is 16.7 Å². The summed E-state index contributed by atoms with van der Waals surface area (Å²) in [6.45, 7) is -0.828. The molecule has 1 aliphatic heterocycles. The number of phosphoric ester groups is 2. The van der Waals surface area contributed by atoms with Crippen LogP contribution in [-0.2, 0) is 22.9 Å². The van der Waals surface area contributed by atoms with E-state index < -0.39 is 52.4 Å². The number of aliphatic hydroxyl groups is 1. The molecular weight excluding hydrogens is 428 g/mol. The molecule has 1 aliphatic rings. The van der Waals surface area contributed by atoms with E-state index in [2.05, 4.69) is 24.0 Å². The third-order valence-electron chi connectivity index (χ3n) is 3.70. The lowest BCUT2D eigenvalue weighted by molar-refractivity contribution is -0.0498. The van der Waals surface area contributed by atoms with Gasteiger partial charge in [0.15, 0.2) is 17.4 Å². The molecule has 4 atom stereocenters. The average Bonchev–Trinajstić information content (AvgIpc) is 3.06. The monoisotopic (exact) mass is 443 g/mol. The number of imidazole rings is 1. The second-order valence-corrected chi connectivity index (χ2v) is 8.11. The van der Waals surface area contributed by atoms with E-state index in [-0.39, 0.29) is 17.1 Å². The quantitative estimate of drug-likeness (QED) is 0.229. The number of H-pyrrole nitrogens is 1. The average molecular weight is 443 g/mol. The number of nitrogens with two attached hydrogens (primary N) is 1. The Bertz CT molecular complexity index is 1030. The number of rotatable bonds is 6. The van der Waals surface area contributed by atoms with E-state index in [1.54, 1.807) is 0 Å². The number of ether oxygens (including phenoxy) is 1. The minimum atomic E-state index is -5.13. The zero-order chi connectivity index (χ0) is 20.9. The number of nitrogens with one attached hydrogen (secondary N) is 1. The minimum Gasteiger partial charge on any atom is -0.387 e. The summed E-state index contributed by atoms with van der Waals surface area (Å²) in [7, 11) is -10.0. The first kappa shape index (κ1) is 21.0. The molecule has 2 aromatic heterocycles. The molecule has 16 nitrogen and oxygen atoms in total. The highest BCUT2D eigenvalue weighted by Crippen LogP contribution is 2.46. The molecule has 0 aliphatic carbocycles. The molecular formula is C10H15N5O11P2. The van der Waals surface area contributed by atoms with E-state index in [0.717, 1.165) is 10.9 Å². The van der Waals surface area contributed by atoms with Gasteiger partial charge in [-0.15, -0.1) is 0 Å². The molecule has 1 saturated heterocycles. The Balaban J connectivity index is 2.00. The summed E-state index contributed by atoms with van der Waals surface area (Å²) in [6.07, 6.45) is -5.42. The number of fused-ring (bicyclic) bond motifs is 1. The van der Waals surface area contributed by atoms with E-state index in [1.807, 2.05) is 0 Å². The number of nitrogens with zero attached hydrogens (tertiary/aromatic N) is 3. The van der Waals surface area contributed by atoms with Gasteiger partial charge in [-0.05, 0) is 0 Å². The van der Waals surface area contributed by atoms with Crippen molar-refractivity contribution in [2.75, 3.05) is 12.3 Å². The van der Waals surface area contributed by atoms with E-state index in [9.17, 15) is 19.0 Å². The molecule has 0 radical (unpaired) electrons. The molecule has 18 heteroatoms. The van der Waals surface area contributed by atoms with Crippen LogP contribution in [0.3, 0.4) is 0 Å². The van der Waals surface area contributed by atoms with Crippen molar-refractivity contribution >= 4 is 32.8 Å². The van der Waals surface area contributed by atoms with Crippen LogP contribution in [0.1, 0.15) is 6.23 Å². The number of aromatic amines is 1. The van der Waals surface area contributed by atoms with Crippen molar-refractivity contribution in [2.24, 2.45) is 0 Å². The lowest BCUT2D eigenvalue weighted by atomic mass is 10.1. The fourth-order valence-electron chi connectivity index (χ4n) is 2.65. The van der Waals surface area contributed by atoms with Crippen LogP contribution in [0, 0.1) is 0 Å². The second-order valence-electron chi connectivity index (χ2n) is 5.68. The van der Waals surface area contributed by atoms with Crippen LogP contribution in [0.25, 0.3) is 11.2 Å². The summed E-state index contributed by atoms with van der Waals surface area (Å²) in [5.41, 5.74) is 4.45. The van der Waals surface area contributed by atoms with E-state index in [4.69, 9.17) is 30.0 Å². The Morgan fingerprint density at radius 1 is 1.29 bits per heavy atom. The van der Waals surface area contributed by atoms with Crippen LogP contribution in [0.4, 0.5) is 5.95 Å². The van der Waals surface area contributed by atoms with Gasteiger partial charge in [-0.2, -0.15) is 4.98 Å². The maximum Gasteiger partial charge on any atom is 0.470 e. The molecule has 2 unspecified atom stereocenters. The van der Waals surface area contributed by atoms with Crippen molar-refractivity contribution in [1.82, 2.24) is 19.5 Å². The summed E-state index contributed by atoms with van der Waals surface area (Å²) in [6, 6.07) is 0. The first-order valence-corrected chi connectivity index (χ1v) is 10.4. The highest BCUT2D eigenvalue weighted by atomic mass is 31.2. The molecule has 0 spiro atoms. The summed E-state index contributed by atoms with van der Waals surface area (Å²) in [5, 5.41) is 10.3. The Morgan fingerprint density at radius 3 is 2.57 bits per heavy atom. The third kappa shape index (κ3) is 4.47. The molecule has 0 bridgehead atoms. The molecule has 156 valence electrons. The zero-order valence-corrected chi connectivity index (χ0v) is 15.4. The van der Waals surface area contributed by atoms with Crippen molar-refractivity contribution < 1.29 is 47.6 Å². The Kier molecular flexibility index (Phi) is 5.46. The fraction of sp³-hybridized carbons (Fsp3) is 0.500. The number of hydrogen-bond donors (Lipinski definition) is 7. The van der Waals surface area contributed by atoms with Gasteiger partial charge in [0.05, 0.1) is 12.9 Å². The van der Waals surface area contributed by atoms with Gasteiger partial charge in [-0.3, -0.25) is 23.4 Å². The molecule has 2 aromatic rings. The topological polar surface area (TPSA) is 253 Å². The van der Waals surface area contributed by atoms with Crippen molar-refractivity contribution in [3.8, 4) is 0 Å². The fourth-order valence-corrected chi connectivity index (χ4v) is 3.54. The normalized spacial score (nSPS) is 26.2. The molecule has 3 heterocycles. The summed E-state index contributed by atoms with van der Waals surface area (Å²) < 4.78 is 37.4. The maximum atomic E-state index is 11.9. The van der Waals surface area contributed by atoms with Crippen LogP contribution in [-0.4, -0.2) is 69.1 Å². The largest absolute Gasteiger partial charge is 0.470 e. The lowest BCUT2D eigenvalue weighted by Gasteiger charge is -2.22. The first-order valence-electron chi connectivity index (χ1n) is 7.35. The Labute approximate surface area is 154 Å². The van der Waals surface area contributed by atoms with Gasteiger partial charge in [0.25, 0.3) is 5.56 Å². The molecule has 3 rings (SSSR count). The number of hydrogen-bond acceptors (Lipinski definition) is 10. The molecule has 0 saturated carbocycles. The van der Waals surface area contributed by atoms with Gasteiger partial charge in [-0.25, -0.2) is 14.1 Å². The summed E-state index contributed by atoms with van der Waals surface area (Å²) in [4.78, 5) is 57.5. The first-order chi connectivity index (χ1) is 12.9. The zero-order valence-electron chi connectivity index (χ0n) is 13.6. The van der Waals surface area contributed by atoms with E-state index in [1.165, 1.54) is 0 Å². The molecule has 0 aromatic carbocycles. The summed E-state index contributed by atoms with van der Waals surface area (Å²) >= 11 is 0. The van der Waals surface area contributed by atoms with Crippen molar-refractivity contribution in [2.45, 2.75) is 24.5 Å². The molecule has 8 N–H and O–H groups in total. The maximum absolute atomic E-state index is 11.9. The van der Waals surface area contributed by atoms with Crippen molar-refractivity contribution in [3.63, 3.8) is 0 Å². The van der Waals surface area contributed by atoms with Gasteiger partial charge < -0.3 is 35.2 Å².